The van der Waals surface area contributed by atoms with Crippen LogP contribution in [0.5, 0.6) is 5.75 Å². The summed E-state index contributed by atoms with van der Waals surface area (Å²) in [4.78, 5) is 23.4. The molecule has 1 aromatic carbocycles. The minimum atomic E-state index is -0.661. The number of carbonyl (C=O) groups is 2. The number of carbonyl (C=O) groups excluding carboxylic acids is 2. The van der Waals surface area contributed by atoms with Crippen LogP contribution in [0.2, 0.25) is 0 Å². The van der Waals surface area contributed by atoms with Crippen LogP contribution in [0.1, 0.15) is 19.4 Å². The number of esters is 1. The minimum absolute atomic E-state index is 0.0517. The molecule has 0 aromatic heterocycles. The zero-order valence-electron chi connectivity index (χ0n) is 12.8. The lowest BCUT2D eigenvalue weighted by Gasteiger charge is -2.20. The molecule has 6 heteroatoms. The molecule has 1 atom stereocenters. The number of methoxy groups -OCH3 is 2. The molecule has 0 aliphatic carbocycles. The Labute approximate surface area is 124 Å². The van der Waals surface area contributed by atoms with Gasteiger partial charge in [0, 0.05) is 6.54 Å². The second-order valence-electron chi connectivity index (χ2n) is 4.92. The van der Waals surface area contributed by atoms with Gasteiger partial charge in [-0.15, -0.1) is 0 Å². The van der Waals surface area contributed by atoms with E-state index >= 15 is 0 Å². The van der Waals surface area contributed by atoms with Crippen LogP contribution >= 0.6 is 0 Å². The first-order valence-corrected chi connectivity index (χ1v) is 6.73. The fourth-order valence-corrected chi connectivity index (χ4v) is 1.74. The van der Waals surface area contributed by atoms with Crippen molar-refractivity contribution in [3.63, 3.8) is 0 Å². The van der Waals surface area contributed by atoms with Crippen LogP contribution in [0.3, 0.4) is 0 Å². The standard InChI is InChI=1S/C15H22N2O4/c1-10(2)13(14(18)21-4)17-15(19)16-9-11-5-7-12(20-3)8-6-11/h5-8,10,13H,9H2,1-4H3,(H2,16,17,19)/t13-/m0/s1. The van der Waals surface area contributed by atoms with E-state index in [1.165, 1.54) is 7.11 Å². The quantitative estimate of drug-likeness (QED) is 0.783. The molecule has 0 bridgehead atoms. The second-order valence-corrected chi connectivity index (χ2v) is 4.92. The fourth-order valence-electron chi connectivity index (χ4n) is 1.74. The van der Waals surface area contributed by atoms with E-state index < -0.39 is 18.0 Å². The van der Waals surface area contributed by atoms with Crippen LogP contribution in [0, 0.1) is 5.92 Å². The molecule has 1 rings (SSSR count). The van der Waals surface area contributed by atoms with Crippen molar-refractivity contribution in [3.05, 3.63) is 29.8 Å². The summed E-state index contributed by atoms with van der Waals surface area (Å²) in [6.07, 6.45) is 0. The molecule has 0 fully saturated rings. The van der Waals surface area contributed by atoms with Gasteiger partial charge in [0.25, 0.3) is 0 Å². The van der Waals surface area contributed by atoms with Crippen LogP contribution < -0.4 is 15.4 Å². The Bertz CT molecular complexity index is 471. The molecule has 6 nitrogen and oxygen atoms in total. The molecule has 0 unspecified atom stereocenters. The minimum Gasteiger partial charge on any atom is -0.497 e. The number of hydrogen-bond donors (Lipinski definition) is 2. The van der Waals surface area contributed by atoms with Gasteiger partial charge in [0.15, 0.2) is 0 Å². The third-order valence-corrected chi connectivity index (χ3v) is 3.02. The lowest BCUT2D eigenvalue weighted by Crippen LogP contribution is -2.48. The molecule has 2 N–H and O–H groups in total. The molecule has 0 spiro atoms. The van der Waals surface area contributed by atoms with Gasteiger partial charge in [-0.3, -0.25) is 0 Å². The number of rotatable bonds is 6. The van der Waals surface area contributed by atoms with Gasteiger partial charge in [-0.25, -0.2) is 9.59 Å². The molecule has 116 valence electrons. The third kappa shape index (κ3) is 5.33. The van der Waals surface area contributed by atoms with Crippen molar-refractivity contribution in [2.24, 2.45) is 5.92 Å². The Morgan fingerprint density at radius 1 is 1.14 bits per heavy atom. The van der Waals surface area contributed by atoms with E-state index in [4.69, 9.17) is 4.74 Å². The van der Waals surface area contributed by atoms with Gasteiger partial charge in [-0.05, 0) is 23.6 Å². The number of ether oxygens (including phenoxy) is 2. The smallest absolute Gasteiger partial charge is 0.328 e. The van der Waals surface area contributed by atoms with E-state index in [0.29, 0.717) is 6.54 Å². The molecule has 0 heterocycles. The van der Waals surface area contributed by atoms with E-state index in [0.717, 1.165) is 11.3 Å². The predicted molar refractivity (Wildman–Crippen MR) is 79.0 cm³/mol. The van der Waals surface area contributed by atoms with Crippen molar-refractivity contribution in [1.29, 1.82) is 0 Å². The van der Waals surface area contributed by atoms with Crippen LogP contribution in [0.25, 0.3) is 0 Å². The highest BCUT2D eigenvalue weighted by Crippen LogP contribution is 2.11. The molecule has 1 aromatic rings. The first-order valence-electron chi connectivity index (χ1n) is 6.73. The summed E-state index contributed by atoms with van der Waals surface area (Å²) in [6, 6.07) is 6.29. The topological polar surface area (TPSA) is 76.7 Å². The third-order valence-electron chi connectivity index (χ3n) is 3.02. The summed E-state index contributed by atoms with van der Waals surface area (Å²) >= 11 is 0. The first-order chi connectivity index (χ1) is 9.97. The van der Waals surface area contributed by atoms with Gasteiger partial charge in [0.05, 0.1) is 14.2 Å². The molecule has 0 saturated heterocycles. The van der Waals surface area contributed by atoms with Gasteiger partial charge in [-0.2, -0.15) is 0 Å². The number of urea groups is 1. The summed E-state index contributed by atoms with van der Waals surface area (Å²) in [5.74, 6) is 0.252. The average molecular weight is 294 g/mol. The van der Waals surface area contributed by atoms with Crippen molar-refractivity contribution < 1.29 is 19.1 Å². The van der Waals surface area contributed by atoms with Crippen molar-refractivity contribution in [2.45, 2.75) is 26.4 Å². The molecular weight excluding hydrogens is 272 g/mol. The van der Waals surface area contributed by atoms with Crippen LogP contribution in [0.4, 0.5) is 4.79 Å². The van der Waals surface area contributed by atoms with Crippen LogP contribution in [0.15, 0.2) is 24.3 Å². The maximum absolute atomic E-state index is 11.8. The summed E-state index contributed by atoms with van der Waals surface area (Å²) in [7, 11) is 2.90. The van der Waals surface area contributed by atoms with Crippen molar-refractivity contribution in [2.75, 3.05) is 14.2 Å². The van der Waals surface area contributed by atoms with Crippen molar-refractivity contribution in [3.8, 4) is 5.75 Å². The van der Waals surface area contributed by atoms with E-state index in [-0.39, 0.29) is 5.92 Å². The summed E-state index contributed by atoms with van der Waals surface area (Å²) in [6.45, 7) is 4.04. The van der Waals surface area contributed by atoms with Gasteiger partial charge < -0.3 is 20.1 Å². The highest BCUT2D eigenvalue weighted by atomic mass is 16.5. The Balaban J connectivity index is 2.50. The first kappa shape index (κ1) is 16.8. The fraction of sp³-hybridized carbons (Fsp3) is 0.467. The number of hydrogen-bond acceptors (Lipinski definition) is 4. The lowest BCUT2D eigenvalue weighted by atomic mass is 10.1. The van der Waals surface area contributed by atoms with Gasteiger partial charge >= 0.3 is 12.0 Å². The van der Waals surface area contributed by atoms with Gasteiger partial charge in [0.1, 0.15) is 11.8 Å². The van der Waals surface area contributed by atoms with Crippen molar-refractivity contribution in [1.82, 2.24) is 10.6 Å². The van der Waals surface area contributed by atoms with E-state index in [1.54, 1.807) is 7.11 Å². The highest BCUT2D eigenvalue weighted by Gasteiger charge is 2.24. The molecule has 0 saturated carbocycles. The molecule has 0 aliphatic rings. The van der Waals surface area contributed by atoms with E-state index in [1.807, 2.05) is 38.1 Å². The molecule has 0 radical (unpaired) electrons. The maximum atomic E-state index is 11.8. The summed E-state index contributed by atoms with van der Waals surface area (Å²) in [5, 5.41) is 5.31. The predicted octanol–water partition coefficient (Wildman–Crippen LogP) is 1.69. The molecular formula is C15H22N2O4. The monoisotopic (exact) mass is 294 g/mol. The Morgan fingerprint density at radius 3 is 2.24 bits per heavy atom. The van der Waals surface area contributed by atoms with Gasteiger partial charge in [-0.1, -0.05) is 26.0 Å². The molecule has 2 amide bonds. The Kier molecular flexibility index (Phi) is 6.52. The number of nitrogens with one attached hydrogen (secondary N) is 2. The molecule has 0 aliphatic heterocycles. The normalized spacial score (nSPS) is 11.7. The Morgan fingerprint density at radius 2 is 1.76 bits per heavy atom. The zero-order valence-corrected chi connectivity index (χ0v) is 12.8. The van der Waals surface area contributed by atoms with Crippen LogP contribution in [-0.2, 0) is 16.1 Å². The number of amides is 2. The second kappa shape index (κ2) is 8.14. The lowest BCUT2D eigenvalue weighted by molar-refractivity contribution is -0.143. The zero-order chi connectivity index (χ0) is 15.8. The van der Waals surface area contributed by atoms with Crippen molar-refractivity contribution >= 4 is 12.0 Å². The Hall–Kier alpha value is -2.24. The average Bonchev–Trinajstić information content (AvgIpc) is 2.50. The van der Waals surface area contributed by atoms with E-state index in [2.05, 4.69) is 15.4 Å². The summed E-state index contributed by atoms with van der Waals surface area (Å²) < 4.78 is 9.73. The van der Waals surface area contributed by atoms with Crippen LogP contribution in [-0.4, -0.2) is 32.3 Å². The molecule has 21 heavy (non-hydrogen) atoms. The largest absolute Gasteiger partial charge is 0.497 e. The highest BCUT2D eigenvalue weighted by molar-refractivity contribution is 5.83. The van der Waals surface area contributed by atoms with Gasteiger partial charge in [0.2, 0.25) is 0 Å². The maximum Gasteiger partial charge on any atom is 0.328 e. The SMILES string of the molecule is COC(=O)[C@@H](NC(=O)NCc1ccc(OC)cc1)C(C)C. The number of benzene rings is 1. The van der Waals surface area contributed by atoms with E-state index in [9.17, 15) is 9.59 Å². The summed E-state index contributed by atoms with van der Waals surface area (Å²) in [5.41, 5.74) is 0.935.